The highest BCUT2D eigenvalue weighted by molar-refractivity contribution is 5.73. The van der Waals surface area contributed by atoms with E-state index in [0.29, 0.717) is 23.1 Å². The van der Waals surface area contributed by atoms with Crippen molar-refractivity contribution >= 4 is 17.7 Å². The average Bonchev–Trinajstić information content (AvgIpc) is 3.70. The highest BCUT2D eigenvalue weighted by Crippen LogP contribution is 2.37. The molecule has 0 aromatic heterocycles. The molecule has 3 heterocycles. The molecule has 0 unspecified atom stereocenters. The number of phenolic OH excluding ortho intramolecular Hbond substituents is 1. The fourth-order valence-electron chi connectivity index (χ4n) is 8.73. The Hall–Kier alpha value is -4.73. The maximum atomic E-state index is 12.1. The summed E-state index contributed by atoms with van der Waals surface area (Å²) in [4.78, 5) is 40.7. The maximum Gasteiger partial charge on any atom is 0.216 e. The number of amides is 3. The van der Waals surface area contributed by atoms with E-state index in [9.17, 15) is 55.2 Å². The van der Waals surface area contributed by atoms with Gasteiger partial charge in [0, 0.05) is 59.5 Å². The number of nitrogens with zero attached hydrogens (tertiary/aromatic N) is 3. The zero-order valence-electron chi connectivity index (χ0n) is 34.5. The molecule has 19 heteroatoms. The van der Waals surface area contributed by atoms with Crippen LogP contribution in [0.5, 0.6) is 17.2 Å². The zero-order valence-corrected chi connectivity index (χ0v) is 34.5. The summed E-state index contributed by atoms with van der Waals surface area (Å²) in [6.45, 7) is 7.30. The first-order chi connectivity index (χ1) is 28.5. The number of phenols is 1. The van der Waals surface area contributed by atoms with Crippen molar-refractivity contribution in [3.8, 4) is 17.2 Å². The van der Waals surface area contributed by atoms with E-state index in [4.69, 9.17) is 9.47 Å². The highest BCUT2D eigenvalue weighted by atomic mass is 16.5. The number of nitrogens with one attached hydrogen (secondary N) is 3. The molecule has 19 nitrogen and oxygen atoms in total. The van der Waals surface area contributed by atoms with Crippen LogP contribution < -0.4 is 25.4 Å². The summed E-state index contributed by atoms with van der Waals surface area (Å²) in [7, 11) is 0. The zero-order chi connectivity index (χ0) is 44.0. The topological polar surface area (TPSA) is 277 Å². The Morgan fingerprint density at radius 2 is 1.28 bits per heavy atom. The monoisotopic (exact) mass is 844 g/mol. The normalized spacial score (nSPS) is 30.2. The molecule has 3 fully saturated rings. The number of aliphatic hydroxyl groups excluding tert-OH is 7. The highest BCUT2D eigenvalue weighted by Gasteiger charge is 2.52. The molecule has 0 spiro atoms. The first kappa shape index (κ1) is 46.3. The molecule has 0 bridgehead atoms. The minimum atomic E-state index is -1.44. The summed E-state index contributed by atoms with van der Waals surface area (Å²) < 4.78 is 12.7. The van der Waals surface area contributed by atoms with Crippen LogP contribution in [0.15, 0.2) is 54.4 Å². The smallest absolute Gasteiger partial charge is 0.216 e. The fourth-order valence-corrected chi connectivity index (χ4v) is 8.73. The number of carbonyl (C=O) groups is 3. The number of aromatic hydroxyl groups is 1. The maximum absolute atomic E-state index is 12.1. The summed E-state index contributed by atoms with van der Waals surface area (Å²) in [5.41, 5.74) is 1.19. The molecule has 11 N–H and O–H groups in total. The molecule has 2 aromatic rings. The number of hydrogen-bond acceptors (Lipinski definition) is 16. The van der Waals surface area contributed by atoms with Gasteiger partial charge in [0.05, 0.1) is 49.1 Å². The first-order valence-corrected chi connectivity index (χ1v) is 20.1. The summed E-state index contributed by atoms with van der Waals surface area (Å²) in [6.07, 6.45) is -6.43. The predicted octanol–water partition coefficient (Wildman–Crippen LogP) is -1.98. The molecule has 3 saturated heterocycles. The number of ether oxygens (including phenoxy) is 2. The lowest BCUT2D eigenvalue weighted by atomic mass is 10.1. The Labute approximate surface area is 348 Å². The van der Waals surface area contributed by atoms with Crippen LogP contribution in [0.25, 0.3) is 0 Å². The summed E-state index contributed by atoms with van der Waals surface area (Å²) in [5, 5.41) is 94.8. The molecular weight excluding hydrogens is 784 g/mol. The molecule has 2 aromatic carbocycles. The van der Waals surface area contributed by atoms with E-state index in [1.807, 2.05) is 24.8 Å². The minimum Gasteiger partial charge on any atom is -0.514 e. The van der Waals surface area contributed by atoms with E-state index in [-0.39, 0.29) is 80.3 Å². The van der Waals surface area contributed by atoms with Crippen LogP contribution in [0.1, 0.15) is 45.7 Å². The molecule has 3 aliphatic heterocycles. The number of hydrogen-bond donors (Lipinski definition) is 11. The standard InChI is InChI=1S/C41H60N6O13/c1-21(2)47-30(15-44-24(5)53)39(58)41(33(47)20-50)59-27-8-6-7-25(11-27)16-46-29(14-43-23(4)52)38(57)40(32(46)19-49)60-35-12-26(9-10-34(35)54)17-45-28(13-42-22(3)51)36(55)37(56)31(45)18-48/h6-12,18,21,28-30,32-33,36-41,48-50,54-58H,13-17,19-20H2,1-5H3,(H,42,51)(H,43,52)(H,44,53)/b31-18+/t28-,29-,30-,32-,33-,36-,37-,38-,39-,40-,41-/m1/s1. The fraction of sp³-hybridized carbons (Fsp3) is 0.585. The Morgan fingerprint density at radius 3 is 1.87 bits per heavy atom. The van der Waals surface area contributed by atoms with E-state index in [1.165, 1.54) is 37.8 Å². The third-order valence-corrected chi connectivity index (χ3v) is 11.5. The van der Waals surface area contributed by atoms with Gasteiger partial charge in [-0.2, -0.15) is 0 Å². The van der Waals surface area contributed by atoms with Gasteiger partial charge in [-0.15, -0.1) is 0 Å². The van der Waals surface area contributed by atoms with Crippen molar-refractivity contribution in [1.29, 1.82) is 0 Å². The SMILES string of the molecule is CC(=O)NC[C@@H]1[C@@H](O)[C@H](O)/C(=C\O)N1Cc1ccc(O)c(O[C@H]2[C@H](O)[C@@H](CNC(C)=O)N(Cc3cccc(O[C@H]4[C@H](O)[C@@H](CNC(C)=O)N(C(C)C)[C@@H]4CO)c3)[C@@H]2CO)c1. The van der Waals surface area contributed by atoms with E-state index < -0.39 is 73.4 Å². The van der Waals surface area contributed by atoms with E-state index >= 15 is 0 Å². The largest absolute Gasteiger partial charge is 0.514 e. The first-order valence-electron chi connectivity index (χ1n) is 20.1. The van der Waals surface area contributed by atoms with Gasteiger partial charge in [-0.05, 0) is 49.2 Å². The van der Waals surface area contributed by atoms with Crippen molar-refractivity contribution in [2.45, 2.75) is 121 Å². The lowest BCUT2D eigenvalue weighted by Crippen LogP contribution is -2.50. The predicted molar refractivity (Wildman–Crippen MR) is 215 cm³/mol. The summed E-state index contributed by atoms with van der Waals surface area (Å²) in [5.74, 6) is -0.922. The second kappa shape index (κ2) is 20.2. The molecule has 3 aliphatic rings. The molecule has 11 atom stereocenters. The molecule has 5 rings (SSSR count). The number of likely N-dealkylation sites (tertiary alicyclic amines) is 3. The van der Waals surface area contributed by atoms with Crippen LogP contribution in [0.3, 0.4) is 0 Å². The quantitative estimate of drug-likeness (QED) is 0.0771. The van der Waals surface area contributed by atoms with Gasteiger partial charge in [-0.25, -0.2) is 0 Å². The van der Waals surface area contributed by atoms with Gasteiger partial charge in [-0.1, -0.05) is 18.2 Å². The summed E-state index contributed by atoms with van der Waals surface area (Å²) >= 11 is 0. The van der Waals surface area contributed by atoms with Crippen molar-refractivity contribution < 1.29 is 64.7 Å². The van der Waals surface area contributed by atoms with Crippen molar-refractivity contribution in [2.24, 2.45) is 0 Å². The van der Waals surface area contributed by atoms with E-state index in [2.05, 4.69) is 16.0 Å². The van der Waals surface area contributed by atoms with E-state index in [1.54, 1.807) is 29.2 Å². The molecule has 332 valence electrons. The van der Waals surface area contributed by atoms with Crippen LogP contribution in [0, 0.1) is 0 Å². The minimum absolute atomic E-state index is 0.00383. The number of aliphatic hydroxyl groups is 7. The molecule has 0 saturated carbocycles. The van der Waals surface area contributed by atoms with Crippen molar-refractivity contribution in [3.05, 3.63) is 65.6 Å². The van der Waals surface area contributed by atoms with E-state index in [0.717, 1.165) is 0 Å². The lowest BCUT2D eigenvalue weighted by molar-refractivity contribution is -0.120. The lowest BCUT2D eigenvalue weighted by Gasteiger charge is -2.33. The Kier molecular flexibility index (Phi) is 15.6. The third-order valence-electron chi connectivity index (χ3n) is 11.5. The second-order valence-corrected chi connectivity index (χ2v) is 15.9. The Morgan fingerprint density at radius 1 is 0.717 bits per heavy atom. The van der Waals surface area contributed by atoms with Crippen LogP contribution in [-0.2, 0) is 27.5 Å². The van der Waals surface area contributed by atoms with Gasteiger partial charge < -0.3 is 71.2 Å². The molecule has 3 amide bonds. The average molecular weight is 845 g/mol. The van der Waals surface area contributed by atoms with Crippen molar-refractivity contribution in [1.82, 2.24) is 30.7 Å². The molecule has 60 heavy (non-hydrogen) atoms. The number of rotatable bonds is 17. The molecule has 0 radical (unpaired) electrons. The van der Waals surface area contributed by atoms with Gasteiger partial charge in [0.15, 0.2) is 11.5 Å². The summed E-state index contributed by atoms with van der Waals surface area (Å²) in [6, 6.07) is 7.73. The Bertz CT molecular complexity index is 1830. The van der Waals surface area contributed by atoms with Crippen molar-refractivity contribution in [3.63, 3.8) is 0 Å². The molecule has 0 aliphatic carbocycles. The third kappa shape index (κ3) is 10.2. The van der Waals surface area contributed by atoms with Gasteiger partial charge in [-0.3, -0.25) is 24.2 Å². The van der Waals surface area contributed by atoms with Gasteiger partial charge in [0.2, 0.25) is 17.7 Å². The second-order valence-electron chi connectivity index (χ2n) is 15.9. The van der Waals surface area contributed by atoms with Crippen LogP contribution in [-0.4, -0.2) is 179 Å². The van der Waals surface area contributed by atoms with Gasteiger partial charge in [0.25, 0.3) is 0 Å². The van der Waals surface area contributed by atoms with Gasteiger partial charge >= 0.3 is 0 Å². The van der Waals surface area contributed by atoms with Crippen molar-refractivity contribution in [2.75, 3.05) is 32.8 Å². The molecular formula is C41H60N6O13. The number of carbonyl (C=O) groups excluding carboxylic acids is 3. The number of benzene rings is 2. The Balaban J connectivity index is 1.38. The van der Waals surface area contributed by atoms with Crippen LogP contribution in [0.4, 0.5) is 0 Å². The van der Waals surface area contributed by atoms with Crippen LogP contribution in [0.2, 0.25) is 0 Å². The van der Waals surface area contributed by atoms with Crippen LogP contribution >= 0.6 is 0 Å². The van der Waals surface area contributed by atoms with Gasteiger partial charge in [0.1, 0.15) is 48.6 Å².